The zero-order chi connectivity index (χ0) is 10.3. The number of hydrogen-bond acceptors (Lipinski definition) is 3. The molecule has 2 unspecified atom stereocenters. The van der Waals surface area contributed by atoms with Crippen molar-refractivity contribution in [2.75, 3.05) is 13.1 Å². The molecule has 0 aromatic carbocycles. The highest BCUT2D eigenvalue weighted by Crippen LogP contribution is 2.32. The fourth-order valence-electron chi connectivity index (χ4n) is 1.94. The van der Waals surface area contributed by atoms with E-state index in [-0.39, 0.29) is 17.3 Å². The van der Waals surface area contributed by atoms with E-state index >= 15 is 0 Å². The molecule has 4 nitrogen and oxygen atoms in total. The average molecular weight is 218 g/mol. The summed E-state index contributed by atoms with van der Waals surface area (Å²) in [6, 6.07) is 0.353. The van der Waals surface area contributed by atoms with E-state index in [4.69, 9.17) is 0 Å². The van der Waals surface area contributed by atoms with Crippen LogP contribution in [0.25, 0.3) is 0 Å². The highest BCUT2D eigenvalue weighted by Gasteiger charge is 2.43. The summed E-state index contributed by atoms with van der Waals surface area (Å²) in [5.74, 6) is 0. The van der Waals surface area contributed by atoms with Gasteiger partial charge >= 0.3 is 0 Å². The van der Waals surface area contributed by atoms with Crippen LogP contribution in [0, 0.1) is 0 Å². The summed E-state index contributed by atoms with van der Waals surface area (Å²) >= 11 is 0. The quantitative estimate of drug-likeness (QED) is 0.718. The van der Waals surface area contributed by atoms with Crippen molar-refractivity contribution in [1.29, 1.82) is 0 Å². The third kappa shape index (κ3) is 1.68. The lowest BCUT2D eigenvalue weighted by Crippen LogP contribution is -2.57. The number of hydrogen-bond donors (Lipinski definition) is 1. The van der Waals surface area contributed by atoms with Crippen molar-refractivity contribution >= 4 is 10.0 Å². The third-order valence-electron chi connectivity index (χ3n) is 3.25. The van der Waals surface area contributed by atoms with Gasteiger partial charge in [0.2, 0.25) is 10.0 Å². The smallest absolute Gasteiger partial charge is 0.217 e. The molecule has 1 aliphatic carbocycles. The van der Waals surface area contributed by atoms with Crippen LogP contribution in [0.15, 0.2) is 0 Å². The van der Waals surface area contributed by atoms with Crippen LogP contribution in [0.3, 0.4) is 0 Å². The third-order valence-corrected chi connectivity index (χ3v) is 5.73. The van der Waals surface area contributed by atoms with Crippen LogP contribution in [-0.2, 0) is 10.0 Å². The summed E-state index contributed by atoms with van der Waals surface area (Å²) in [6.45, 7) is 5.43. The van der Waals surface area contributed by atoms with E-state index in [1.807, 2.05) is 13.8 Å². The molecular weight excluding hydrogens is 200 g/mol. The van der Waals surface area contributed by atoms with Crippen LogP contribution in [0.4, 0.5) is 0 Å². The first-order chi connectivity index (χ1) is 6.53. The first-order valence-corrected chi connectivity index (χ1v) is 6.78. The molecule has 14 heavy (non-hydrogen) atoms. The second-order valence-corrected chi connectivity index (χ2v) is 6.50. The molecule has 1 N–H and O–H groups in total. The van der Waals surface area contributed by atoms with E-state index in [2.05, 4.69) is 5.32 Å². The van der Waals surface area contributed by atoms with Crippen molar-refractivity contribution in [3.8, 4) is 0 Å². The number of nitrogens with one attached hydrogen (secondary N) is 1. The molecule has 2 atom stereocenters. The normalized spacial score (nSPS) is 35.9. The van der Waals surface area contributed by atoms with Crippen LogP contribution >= 0.6 is 0 Å². The largest absolute Gasteiger partial charge is 0.311 e. The highest BCUT2D eigenvalue weighted by atomic mass is 32.2. The Kier molecular flexibility index (Phi) is 2.57. The maximum atomic E-state index is 12.0. The van der Waals surface area contributed by atoms with Crippen LogP contribution in [-0.4, -0.2) is 43.1 Å². The number of piperazine rings is 1. The minimum absolute atomic E-state index is 0.0738. The van der Waals surface area contributed by atoms with Crippen LogP contribution in [0.1, 0.15) is 26.7 Å². The molecule has 1 saturated heterocycles. The standard InChI is InChI=1S/C9H18N2O2S/c1-7-8(2)11(6-5-10-7)14(12,13)9-3-4-9/h7-10H,3-6H2,1-2H3. The molecule has 0 radical (unpaired) electrons. The number of rotatable bonds is 2. The second-order valence-electron chi connectivity index (χ2n) is 4.34. The van der Waals surface area contributed by atoms with E-state index in [0.29, 0.717) is 6.54 Å². The van der Waals surface area contributed by atoms with Crippen LogP contribution in [0.5, 0.6) is 0 Å². The molecular formula is C9H18N2O2S. The lowest BCUT2D eigenvalue weighted by Gasteiger charge is -2.37. The lowest BCUT2D eigenvalue weighted by atomic mass is 10.1. The van der Waals surface area contributed by atoms with E-state index in [0.717, 1.165) is 19.4 Å². The van der Waals surface area contributed by atoms with Gasteiger partial charge in [0.05, 0.1) is 5.25 Å². The molecule has 82 valence electrons. The lowest BCUT2D eigenvalue weighted by molar-refractivity contribution is 0.232. The molecule has 0 amide bonds. The average Bonchev–Trinajstić information content (AvgIpc) is 2.92. The Balaban J connectivity index is 2.16. The van der Waals surface area contributed by atoms with Gasteiger partial charge in [0.1, 0.15) is 0 Å². The van der Waals surface area contributed by atoms with Gasteiger partial charge in [-0.1, -0.05) is 0 Å². The maximum Gasteiger partial charge on any atom is 0.217 e. The van der Waals surface area contributed by atoms with E-state index in [9.17, 15) is 8.42 Å². The molecule has 0 aromatic rings. The topological polar surface area (TPSA) is 49.4 Å². The maximum absolute atomic E-state index is 12.0. The van der Waals surface area contributed by atoms with Crippen molar-refractivity contribution in [3.63, 3.8) is 0 Å². The fourth-order valence-corrected chi connectivity index (χ4v) is 4.05. The summed E-state index contributed by atoms with van der Waals surface area (Å²) in [5, 5.41) is 3.21. The predicted molar refractivity (Wildman–Crippen MR) is 55.6 cm³/mol. The summed E-state index contributed by atoms with van der Waals surface area (Å²) in [7, 11) is -2.98. The van der Waals surface area contributed by atoms with Crippen molar-refractivity contribution in [1.82, 2.24) is 9.62 Å². The molecule has 2 rings (SSSR count). The molecule has 1 heterocycles. The summed E-state index contributed by atoms with van der Waals surface area (Å²) in [4.78, 5) is 0. The summed E-state index contributed by atoms with van der Waals surface area (Å²) in [6.07, 6.45) is 1.71. The molecule has 0 spiro atoms. The van der Waals surface area contributed by atoms with Gasteiger partial charge in [-0.15, -0.1) is 0 Å². The molecule has 1 aliphatic heterocycles. The second kappa shape index (κ2) is 3.47. The zero-order valence-corrected chi connectivity index (χ0v) is 9.55. The molecule has 2 fully saturated rings. The van der Waals surface area contributed by atoms with Gasteiger partial charge in [0.25, 0.3) is 0 Å². The van der Waals surface area contributed by atoms with Crippen molar-refractivity contribution in [2.24, 2.45) is 0 Å². The Morgan fingerprint density at radius 1 is 1.29 bits per heavy atom. The first-order valence-electron chi connectivity index (χ1n) is 5.27. The Labute approximate surface area is 85.7 Å². The Hall–Kier alpha value is -0.130. The van der Waals surface area contributed by atoms with Gasteiger partial charge in [-0.25, -0.2) is 8.42 Å². The van der Waals surface area contributed by atoms with Crippen molar-refractivity contribution < 1.29 is 8.42 Å². The van der Waals surface area contributed by atoms with Gasteiger partial charge in [-0.05, 0) is 26.7 Å². The fraction of sp³-hybridized carbons (Fsp3) is 1.00. The van der Waals surface area contributed by atoms with Crippen molar-refractivity contribution in [3.05, 3.63) is 0 Å². The van der Waals surface area contributed by atoms with E-state index < -0.39 is 10.0 Å². The predicted octanol–water partition coefficient (Wildman–Crippen LogP) is 0.161. The summed E-state index contributed by atoms with van der Waals surface area (Å²) < 4.78 is 25.7. The van der Waals surface area contributed by atoms with Gasteiger partial charge in [-0.2, -0.15) is 4.31 Å². The molecule has 0 aromatic heterocycles. The Morgan fingerprint density at radius 3 is 2.50 bits per heavy atom. The minimum atomic E-state index is -2.98. The van der Waals surface area contributed by atoms with Gasteiger partial charge in [0.15, 0.2) is 0 Å². The minimum Gasteiger partial charge on any atom is -0.311 e. The zero-order valence-electron chi connectivity index (χ0n) is 8.73. The van der Waals surface area contributed by atoms with Gasteiger partial charge < -0.3 is 5.32 Å². The van der Waals surface area contributed by atoms with Gasteiger partial charge in [0, 0.05) is 25.2 Å². The van der Waals surface area contributed by atoms with Gasteiger partial charge in [-0.3, -0.25) is 0 Å². The molecule has 5 heteroatoms. The van der Waals surface area contributed by atoms with Crippen molar-refractivity contribution in [2.45, 2.75) is 44.0 Å². The SMILES string of the molecule is CC1NCCN(S(=O)(=O)C2CC2)C1C. The number of nitrogens with zero attached hydrogens (tertiary/aromatic N) is 1. The Bertz CT molecular complexity index is 311. The molecule has 1 saturated carbocycles. The molecule has 2 aliphatic rings. The summed E-state index contributed by atoms with van der Waals surface area (Å²) in [5.41, 5.74) is 0. The number of sulfonamides is 1. The van der Waals surface area contributed by atoms with E-state index in [1.54, 1.807) is 4.31 Å². The van der Waals surface area contributed by atoms with Crippen LogP contribution in [0.2, 0.25) is 0 Å². The molecule has 0 bridgehead atoms. The van der Waals surface area contributed by atoms with Crippen LogP contribution < -0.4 is 5.32 Å². The highest BCUT2D eigenvalue weighted by molar-refractivity contribution is 7.90. The Morgan fingerprint density at radius 2 is 1.93 bits per heavy atom. The monoisotopic (exact) mass is 218 g/mol. The van der Waals surface area contributed by atoms with E-state index in [1.165, 1.54) is 0 Å². The first kappa shape index (κ1) is 10.4.